The maximum absolute atomic E-state index is 11.1. The van der Waals surface area contributed by atoms with Crippen molar-refractivity contribution in [2.75, 3.05) is 6.61 Å². The first kappa shape index (κ1) is 17.5. The quantitative estimate of drug-likeness (QED) is 0.299. The summed E-state index contributed by atoms with van der Waals surface area (Å²) in [7, 11) is 0. The highest BCUT2D eigenvalue weighted by molar-refractivity contribution is 9.10. The molecule has 0 aliphatic carbocycles. The van der Waals surface area contributed by atoms with Crippen LogP contribution in [-0.4, -0.2) is 16.3 Å². The molecule has 0 radical (unpaired) electrons. The zero-order chi connectivity index (χ0) is 18.8. The van der Waals surface area contributed by atoms with Crippen molar-refractivity contribution in [2.45, 2.75) is 13.0 Å². The van der Waals surface area contributed by atoms with Gasteiger partial charge in [-0.2, -0.15) is 0 Å². The topological polar surface area (TPSA) is 63.8 Å². The lowest BCUT2D eigenvalue weighted by atomic mass is 10.1. The van der Waals surface area contributed by atoms with E-state index in [2.05, 4.69) is 33.2 Å². The molecule has 0 aliphatic rings. The Hall–Kier alpha value is -2.86. The van der Waals surface area contributed by atoms with Gasteiger partial charge >= 0.3 is 0 Å². The molecule has 0 unspecified atom stereocenters. The van der Waals surface area contributed by atoms with Gasteiger partial charge in [-0.3, -0.25) is 0 Å². The maximum Gasteiger partial charge on any atom is 0.222 e. The largest absolute Gasteiger partial charge is 0.493 e. The van der Waals surface area contributed by atoms with Gasteiger partial charge in [-0.25, -0.2) is 0 Å². The summed E-state index contributed by atoms with van der Waals surface area (Å²) in [5.41, 5.74) is 0.844. The smallest absolute Gasteiger partial charge is 0.222 e. The molecule has 0 fully saturated rings. The molecule has 27 heavy (non-hydrogen) atoms. The van der Waals surface area contributed by atoms with E-state index in [0.717, 1.165) is 26.5 Å². The average molecular weight is 425 g/mol. The number of nitrogens with zero attached hydrogens (tertiary/aromatic N) is 2. The van der Waals surface area contributed by atoms with Crippen molar-refractivity contribution in [2.24, 2.45) is 5.18 Å². The summed E-state index contributed by atoms with van der Waals surface area (Å²) < 4.78 is 8.49. The number of rotatable bonds is 6. The second-order valence-electron chi connectivity index (χ2n) is 6.26. The van der Waals surface area contributed by atoms with Crippen LogP contribution in [0, 0.1) is 4.91 Å². The van der Waals surface area contributed by atoms with Crippen molar-refractivity contribution in [3.63, 3.8) is 0 Å². The lowest BCUT2D eigenvalue weighted by Gasteiger charge is -2.11. The van der Waals surface area contributed by atoms with Crippen LogP contribution < -0.4 is 4.74 Å². The Balaban J connectivity index is 1.51. The van der Waals surface area contributed by atoms with Gasteiger partial charge in [0.05, 0.1) is 12.1 Å². The number of benzene rings is 3. The fraction of sp³-hybridized carbons (Fsp3) is 0.143. The van der Waals surface area contributed by atoms with Crippen LogP contribution in [0.25, 0.3) is 21.7 Å². The van der Waals surface area contributed by atoms with E-state index in [0.29, 0.717) is 25.0 Å². The summed E-state index contributed by atoms with van der Waals surface area (Å²) in [4.78, 5) is 11.1. The molecule has 0 aliphatic heterocycles. The van der Waals surface area contributed by atoms with Gasteiger partial charge in [0.2, 0.25) is 5.88 Å². The molecule has 0 saturated heterocycles. The number of ether oxygens (including phenoxy) is 1. The number of fused-ring (bicyclic) bond motifs is 2. The lowest BCUT2D eigenvalue weighted by Crippen LogP contribution is -2.04. The highest BCUT2D eigenvalue weighted by Gasteiger charge is 2.17. The minimum Gasteiger partial charge on any atom is -0.493 e. The predicted octanol–water partition coefficient (Wildman–Crippen LogP) is 6.13. The SMILES string of the molecule is O=Nc1c(O)n(CCCOc2cccc3ccccc23)c2ccc(Br)cc12. The molecule has 5 nitrogen and oxygen atoms in total. The highest BCUT2D eigenvalue weighted by Crippen LogP contribution is 2.39. The van der Waals surface area contributed by atoms with E-state index >= 15 is 0 Å². The highest BCUT2D eigenvalue weighted by atomic mass is 79.9. The van der Waals surface area contributed by atoms with E-state index in [1.54, 1.807) is 10.6 Å². The molecule has 1 heterocycles. The van der Waals surface area contributed by atoms with Gasteiger partial charge in [0.25, 0.3) is 0 Å². The Morgan fingerprint density at radius 2 is 1.85 bits per heavy atom. The Morgan fingerprint density at radius 3 is 2.70 bits per heavy atom. The van der Waals surface area contributed by atoms with Crippen molar-refractivity contribution >= 4 is 43.3 Å². The number of halogens is 1. The fourth-order valence-electron chi connectivity index (χ4n) is 3.34. The zero-order valence-corrected chi connectivity index (χ0v) is 16.0. The van der Waals surface area contributed by atoms with E-state index in [-0.39, 0.29) is 11.6 Å². The first-order valence-electron chi connectivity index (χ1n) is 8.63. The van der Waals surface area contributed by atoms with E-state index in [9.17, 15) is 10.0 Å². The van der Waals surface area contributed by atoms with Crippen molar-refractivity contribution in [1.29, 1.82) is 0 Å². The molecule has 0 saturated carbocycles. The van der Waals surface area contributed by atoms with Crippen molar-refractivity contribution < 1.29 is 9.84 Å². The molecule has 136 valence electrons. The van der Waals surface area contributed by atoms with Gasteiger partial charge in [0.1, 0.15) is 5.75 Å². The fourth-order valence-corrected chi connectivity index (χ4v) is 3.70. The van der Waals surface area contributed by atoms with Gasteiger partial charge in [0.15, 0.2) is 5.69 Å². The van der Waals surface area contributed by atoms with E-state index in [1.165, 1.54) is 0 Å². The molecule has 0 spiro atoms. The molecule has 0 bridgehead atoms. The second kappa shape index (κ2) is 7.40. The van der Waals surface area contributed by atoms with Gasteiger partial charge in [0, 0.05) is 21.8 Å². The monoisotopic (exact) mass is 424 g/mol. The second-order valence-corrected chi connectivity index (χ2v) is 7.17. The van der Waals surface area contributed by atoms with E-state index < -0.39 is 0 Å². The number of hydrogen-bond donors (Lipinski definition) is 1. The van der Waals surface area contributed by atoms with Crippen LogP contribution in [0.1, 0.15) is 6.42 Å². The van der Waals surface area contributed by atoms with Crippen LogP contribution in [0.2, 0.25) is 0 Å². The summed E-state index contributed by atoms with van der Waals surface area (Å²) in [6.45, 7) is 1.01. The number of aryl methyl sites for hydroxylation is 1. The molecule has 4 rings (SSSR count). The molecular formula is C21H17BrN2O3. The Labute approximate surface area is 164 Å². The molecule has 0 amide bonds. The molecule has 0 atom stereocenters. The van der Waals surface area contributed by atoms with Gasteiger partial charge in [-0.15, -0.1) is 4.91 Å². The van der Waals surface area contributed by atoms with Crippen molar-refractivity contribution in [3.8, 4) is 11.6 Å². The molecule has 3 aromatic carbocycles. The Kier molecular flexibility index (Phi) is 4.81. The first-order chi connectivity index (χ1) is 13.2. The Morgan fingerprint density at radius 1 is 1.04 bits per heavy atom. The summed E-state index contributed by atoms with van der Waals surface area (Å²) >= 11 is 3.38. The Bertz CT molecular complexity index is 1130. The maximum atomic E-state index is 11.1. The van der Waals surface area contributed by atoms with Crippen LogP contribution in [0.15, 0.2) is 70.3 Å². The molecular weight excluding hydrogens is 408 g/mol. The molecule has 4 aromatic rings. The number of hydrogen-bond acceptors (Lipinski definition) is 4. The third-order valence-corrected chi connectivity index (χ3v) is 5.09. The third kappa shape index (κ3) is 3.28. The van der Waals surface area contributed by atoms with Gasteiger partial charge in [-0.1, -0.05) is 52.3 Å². The standard InChI is InChI=1S/C21H17BrN2O3/c22-15-9-10-18-17(13-15)20(23-26)21(25)24(18)11-4-12-27-19-8-3-6-14-5-1-2-7-16(14)19/h1-3,5-10,13,25H,4,11-12H2. The lowest BCUT2D eigenvalue weighted by molar-refractivity contribution is 0.301. The first-order valence-corrected chi connectivity index (χ1v) is 9.43. The van der Waals surface area contributed by atoms with Crippen molar-refractivity contribution in [3.05, 3.63) is 70.0 Å². The van der Waals surface area contributed by atoms with Gasteiger partial charge in [-0.05, 0) is 41.2 Å². The van der Waals surface area contributed by atoms with Crippen LogP contribution in [-0.2, 0) is 6.54 Å². The third-order valence-electron chi connectivity index (χ3n) is 4.60. The molecule has 1 N–H and O–H groups in total. The van der Waals surface area contributed by atoms with Crippen LogP contribution in [0.4, 0.5) is 5.69 Å². The number of aromatic nitrogens is 1. The zero-order valence-electron chi connectivity index (χ0n) is 14.4. The molecule has 6 heteroatoms. The number of aromatic hydroxyl groups is 1. The average Bonchev–Trinajstić information content (AvgIpc) is 2.95. The van der Waals surface area contributed by atoms with E-state index in [4.69, 9.17) is 4.74 Å². The van der Waals surface area contributed by atoms with Crippen LogP contribution in [0.5, 0.6) is 11.6 Å². The minimum atomic E-state index is -0.108. The van der Waals surface area contributed by atoms with Crippen molar-refractivity contribution in [1.82, 2.24) is 4.57 Å². The summed E-state index contributed by atoms with van der Waals surface area (Å²) in [6, 6.07) is 19.6. The summed E-state index contributed by atoms with van der Waals surface area (Å²) in [6.07, 6.45) is 0.676. The number of nitroso groups, excluding NO2 is 1. The summed E-state index contributed by atoms with van der Waals surface area (Å²) in [5, 5.41) is 16.2. The van der Waals surface area contributed by atoms with Crippen LogP contribution in [0.3, 0.4) is 0 Å². The van der Waals surface area contributed by atoms with Crippen LogP contribution >= 0.6 is 15.9 Å². The normalized spacial score (nSPS) is 11.1. The molecule has 1 aromatic heterocycles. The summed E-state index contributed by atoms with van der Waals surface area (Å²) in [5.74, 6) is 0.733. The predicted molar refractivity (Wildman–Crippen MR) is 111 cm³/mol. The van der Waals surface area contributed by atoms with Gasteiger partial charge < -0.3 is 14.4 Å². The van der Waals surface area contributed by atoms with E-state index in [1.807, 2.05) is 42.5 Å². The minimum absolute atomic E-state index is 0.0706.